The normalized spacial score (nSPS) is 21.2. The average Bonchev–Trinajstić information content (AvgIpc) is 3.31. The van der Waals surface area contributed by atoms with Gasteiger partial charge in [0.2, 0.25) is 0 Å². The summed E-state index contributed by atoms with van der Waals surface area (Å²) in [7, 11) is 1.71. The molecule has 1 saturated carbocycles. The Balaban J connectivity index is 1.11. The molecule has 2 aliphatic heterocycles. The van der Waals surface area contributed by atoms with Crippen LogP contribution in [0, 0.1) is 13.8 Å². The minimum Gasteiger partial charge on any atom is -0.497 e. The molecule has 3 aliphatic rings. The molecule has 0 amide bonds. The van der Waals surface area contributed by atoms with Gasteiger partial charge in [-0.05, 0) is 75.1 Å². The van der Waals surface area contributed by atoms with Gasteiger partial charge in [-0.1, -0.05) is 12.1 Å². The first-order valence-electron chi connectivity index (χ1n) is 12.7. The molecule has 5 heterocycles. The van der Waals surface area contributed by atoms with E-state index in [0.29, 0.717) is 24.4 Å². The number of fused-ring (bicyclic) bond motifs is 2. The summed E-state index contributed by atoms with van der Waals surface area (Å²) in [5.74, 6) is 2.16. The van der Waals surface area contributed by atoms with Gasteiger partial charge in [-0.3, -0.25) is 15.0 Å². The van der Waals surface area contributed by atoms with Crippen molar-refractivity contribution in [3.05, 3.63) is 88.8 Å². The van der Waals surface area contributed by atoms with Crippen LogP contribution in [0.2, 0.25) is 0 Å². The van der Waals surface area contributed by atoms with Gasteiger partial charge < -0.3 is 4.74 Å². The minimum absolute atomic E-state index is 0.520. The van der Waals surface area contributed by atoms with Gasteiger partial charge in [0.25, 0.3) is 0 Å². The summed E-state index contributed by atoms with van der Waals surface area (Å²) in [5.41, 5.74) is 7.47. The molecule has 2 unspecified atom stereocenters. The summed E-state index contributed by atoms with van der Waals surface area (Å²) in [5, 5.41) is 7.35. The molecule has 7 rings (SSSR count). The summed E-state index contributed by atoms with van der Waals surface area (Å²) in [6.45, 7) is 5.04. The number of H-pyrrole nitrogens is 1. The Morgan fingerprint density at radius 2 is 1.75 bits per heavy atom. The molecule has 1 N–H and O–H groups in total. The van der Waals surface area contributed by atoms with E-state index in [1.54, 1.807) is 7.11 Å². The first-order chi connectivity index (χ1) is 17.5. The Morgan fingerprint density at radius 3 is 2.42 bits per heavy atom. The molecule has 4 aromatic rings. The molecule has 3 aromatic heterocycles. The number of rotatable bonds is 7. The van der Waals surface area contributed by atoms with Gasteiger partial charge in [-0.2, -0.15) is 5.10 Å². The van der Waals surface area contributed by atoms with Gasteiger partial charge in [-0.15, -0.1) is 0 Å². The lowest BCUT2D eigenvalue weighted by Crippen LogP contribution is -2.59. The van der Waals surface area contributed by atoms with E-state index in [9.17, 15) is 0 Å². The summed E-state index contributed by atoms with van der Waals surface area (Å²) in [4.78, 5) is 17.0. The van der Waals surface area contributed by atoms with E-state index in [2.05, 4.69) is 62.5 Å². The molecule has 184 valence electrons. The quantitative estimate of drug-likeness (QED) is 0.401. The smallest absolute Gasteiger partial charge is 0.161 e. The first kappa shape index (κ1) is 22.9. The third-order valence-electron chi connectivity index (χ3n) is 7.61. The number of ether oxygens (including phenoxy) is 1. The second-order valence-electron chi connectivity index (χ2n) is 10.2. The Bertz CT molecular complexity index is 1340. The fourth-order valence-corrected chi connectivity index (χ4v) is 5.79. The van der Waals surface area contributed by atoms with E-state index in [4.69, 9.17) is 14.7 Å². The third kappa shape index (κ3) is 4.63. The number of hydrogen-bond acceptors (Lipinski definition) is 6. The molecule has 1 aromatic carbocycles. The molecule has 7 heteroatoms. The second kappa shape index (κ2) is 9.47. The Kier molecular flexibility index (Phi) is 6.01. The van der Waals surface area contributed by atoms with Crippen LogP contribution in [0.4, 0.5) is 0 Å². The SMILES string of the molecule is COc1ccc(CN2C3CC(c4ccc(-c5nc(C)cc(Cc6cc(C)[nH]n6)n5)cn4)CC2C3)cc1. The molecule has 0 spiro atoms. The van der Waals surface area contributed by atoms with Gasteiger partial charge in [0.05, 0.1) is 18.5 Å². The van der Waals surface area contributed by atoms with E-state index in [-0.39, 0.29) is 0 Å². The van der Waals surface area contributed by atoms with Crippen molar-refractivity contribution in [1.82, 2.24) is 30.0 Å². The summed E-state index contributed by atoms with van der Waals surface area (Å²) in [6.07, 6.45) is 6.28. The van der Waals surface area contributed by atoms with Gasteiger partial charge in [0.1, 0.15) is 5.75 Å². The van der Waals surface area contributed by atoms with Gasteiger partial charge in [-0.25, -0.2) is 9.97 Å². The monoisotopic (exact) mass is 480 g/mol. The standard InChI is InChI=1S/C29H32N6O/c1-18-10-23(14-24-11-19(2)33-34-24)32-29(31-18)21-6-9-28(30-16-21)22-12-25-15-26(13-22)35(25)17-20-4-7-27(36-3)8-5-20/h4-11,16,22,25-26H,12-15,17H2,1-3H3,(H,33,34). The fourth-order valence-electron chi connectivity index (χ4n) is 5.79. The number of aromatic nitrogens is 5. The minimum atomic E-state index is 0.520. The van der Waals surface area contributed by atoms with Crippen molar-refractivity contribution < 1.29 is 4.74 Å². The van der Waals surface area contributed by atoms with Crippen LogP contribution in [0.15, 0.2) is 54.7 Å². The van der Waals surface area contributed by atoms with E-state index in [0.717, 1.165) is 46.5 Å². The van der Waals surface area contributed by atoms with Crippen molar-refractivity contribution in [3.63, 3.8) is 0 Å². The molecular weight excluding hydrogens is 448 g/mol. The summed E-state index contributed by atoms with van der Waals surface area (Å²) < 4.78 is 5.29. The van der Waals surface area contributed by atoms with Crippen molar-refractivity contribution in [2.75, 3.05) is 7.11 Å². The lowest BCUT2D eigenvalue weighted by molar-refractivity contribution is -0.0441. The second-order valence-corrected chi connectivity index (χ2v) is 10.2. The number of aromatic amines is 1. The number of hydrogen-bond donors (Lipinski definition) is 1. The van der Waals surface area contributed by atoms with Crippen LogP contribution >= 0.6 is 0 Å². The molecule has 1 aliphatic carbocycles. The van der Waals surface area contributed by atoms with Crippen molar-refractivity contribution in [2.24, 2.45) is 0 Å². The van der Waals surface area contributed by atoms with Crippen molar-refractivity contribution >= 4 is 0 Å². The fraction of sp³-hybridized carbons (Fsp3) is 0.379. The molecule has 2 saturated heterocycles. The molecule has 2 atom stereocenters. The zero-order valence-corrected chi connectivity index (χ0v) is 21.1. The highest BCUT2D eigenvalue weighted by molar-refractivity contribution is 5.54. The maximum atomic E-state index is 5.29. The largest absolute Gasteiger partial charge is 0.497 e. The number of benzene rings is 1. The Labute approximate surface area is 212 Å². The lowest BCUT2D eigenvalue weighted by Gasteiger charge is -2.55. The highest BCUT2D eigenvalue weighted by Crippen LogP contribution is 2.45. The van der Waals surface area contributed by atoms with Gasteiger partial charge >= 0.3 is 0 Å². The molecule has 0 radical (unpaired) electrons. The van der Waals surface area contributed by atoms with E-state index >= 15 is 0 Å². The van der Waals surface area contributed by atoms with Crippen LogP contribution in [0.5, 0.6) is 5.75 Å². The number of aryl methyl sites for hydroxylation is 2. The van der Waals surface area contributed by atoms with E-state index in [1.807, 2.05) is 26.1 Å². The van der Waals surface area contributed by atoms with Crippen LogP contribution in [0.25, 0.3) is 11.4 Å². The van der Waals surface area contributed by atoms with Crippen molar-refractivity contribution in [1.29, 1.82) is 0 Å². The average molecular weight is 481 g/mol. The van der Waals surface area contributed by atoms with Gasteiger partial charge in [0.15, 0.2) is 5.82 Å². The van der Waals surface area contributed by atoms with E-state index < -0.39 is 0 Å². The Morgan fingerprint density at radius 1 is 0.944 bits per heavy atom. The summed E-state index contributed by atoms with van der Waals surface area (Å²) in [6, 6.07) is 18.2. The maximum Gasteiger partial charge on any atom is 0.161 e. The van der Waals surface area contributed by atoms with Crippen LogP contribution in [0.3, 0.4) is 0 Å². The summed E-state index contributed by atoms with van der Waals surface area (Å²) >= 11 is 0. The van der Waals surface area contributed by atoms with Crippen LogP contribution < -0.4 is 4.74 Å². The van der Waals surface area contributed by atoms with Crippen LogP contribution in [-0.4, -0.2) is 49.2 Å². The zero-order valence-electron chi connectivity index (χ0n) is 21.1. The number of nitrogens with one attached hydrogen (secondary N) is 1. The molecule has 3 fully saturated rings. The molecular formula is C29H32N6O. The highest BCUT2D eigenvalue weighted by atomic mass is 16.5. The topological polar surface area (TPSA) is 79.8 Å². The predicted octanol–water partition coefficient (Wildman–Crippen LogP) is 5.00. The number of pyridine rings is 1. The van der Waals surface area contributed by atoms with Crippen LogP contribution in [0.1, 0.15) is 59.2 Å². The number of methoxy groups -OCH3 is 1. The predicted molar refractivity (Wildman–Crippen MR) is 139 cm³/mol. The molecule has 2 bridgehead atoms. The van der Waals surface area contributed by atoms with Gasteiger partial charge in [0, 0.05) is 59.8 Å². The van der Waals surface area contributed by atoms with E-state index in [1.165, 1.54) is 30.5 Å². The third-order valence-corrected chi connectivity index (χ3v) is 7.61. The zero-order chi connectivity index (χ0) is 24.6. The molecule has 7 nitrogen and oxygen atoms in total. The Hall–Kier alpha value is -3.58. The number of nitrogens with zero attached hydrogens (tertiary/aromatic N) is 5. The first-order valence-corrected chi connectivity index (χ1v) is 12.7. The van der Waals surface area contributed by atoms with Crippen molar-refractivity contribution in [3.8, 4) is 17.1 Å². The highest BCUT2D eigenvalue weighted by Gasteiger charge is 2.45. The number of piperidine rings is 1. The molecule has 36 heavy (non-hydrogen) atoms. The van der Waals surface area contributed by atoms with Crippen molar-refractivity contribution in [2.45, 2.75) is 64.1 Å². The maximum absolute atomic E-state index is 5.29. The van der Waals surface area contributed by atoms with Crippen LogP contribution in [-0.2, 0) is 13.0 Å². The lowest BCUT2D eigenvalue weighted by atomic mass is 9.72.